The molecule has 1 saturated heterocycles. The van der Waals surface area contributed by atoms with Crippen molar-refractivity contribution in [2.45, 2.75) is 32.2 Å². The van der Waals surface area contributed by atoms with E-state index >= 15 is 0 Å². The number of halogens is 1. The molecule has 1 aromatic carbocycles. The molecule has 0 saturated carbocycles. The Balaban J connectivity index is 2.03. The largest absolute Gasteiger partial charge is 0.349 e. The second-order valence-electron chi connectivity index (χ2n) is 5.98. The van der Waals surface area contributed by atoms with E-state index in [0.717, 1.165) is 18.4 Å². The van der Waals surface area contributed by atoms with Gasteiger partial charge >= 0.3 is 0 Å². The maximum Gasteiger partial charge on any atom is 0.224 e. The van der Waals surface area contributed by atoms with Gasteiger partial charge in [0.25, 0.3) is 0 Å². The van der Waals surface area contributed by atoms with Crippen molar-refractivity contribution >= 4 is 27.5 Å². The number of nitrogens with one attached hydrogen (secondary N) is 1. The van der Waals surface area contributed by atoms with E-state index in [4.69, 9.17) is 11.6 Å². The molecule has 1 aliphatic heterocycles. The lowest BCUT2D eigenvalue weighted by Gasteiger charge is -2.31. The predicted molar refractivity (Wildman–Crippen MR) is 91.8 cm³/mol. The van der Waals surface area contributed by atoms with Crippen LogP contribution in [0.5, 0.6) is 0 Å². The van der Waals surface area contributed by atoms with Crippen molar-refractivity contribution < 1.29 is 13.2 Å². The molecule has 1 N–H and O–H groups in total. The Kier molecular flexibility index (Phi) is 6.06. The van der Waals surface area contributed by atoms with E-state index in [-0.39, 0.29) is 24.4 Å². The Morgan fingerprint density at radius 3 is 2.61 bits per heavy atom. The second-order valence-corrected chi connectivity index (χ2v) is 8.40. The van der Waals surface area contributed by atoms with Gasteiger partial charge < -0.3 is 5.32 Å². The van der Waals surface area contributed by atoms with Crippen LogP contribution >= 0.6 is 11.6 Å². The Morgan fingerprint density at radius 2 is 2.04 bits per heavy atom. The number of hydrogen-bond acceptors (Lipinski definition) is 3. The third-order valence-corrected chi connectivity index (χ3v) is 5.74. The van der Waals surface area contributed by atoms with E-state index in [2.05, 4.69) is 5.32 Å². The summed E-state index contributed by atoms with van der Waals surface area (Å²) in [6.45, 7) is 2.77. The zero-order valence-corrected chi connectivity index (χ0v) is 15.0. The highest BCUT2D eigenvalue weighted by atomic mass is 35.5. The summed E-state index contributed by atoms with van der Waals surface area (Å²) in [5, 5.41) is 3.70. The van der Waals surface area contributed by atoms with Crippen LogP contribution in [0.3, 0.4) is 0 Å². The fourth-order valence-electron chi connectivity index (χ4n) is 2.86. The maximum atomic E-state index is 12.5. The van der Waals surface area contributed by atoms with E-state index in [9.17, 15) is 13.2 Å². The van der Waals surface area contributed by atoms with Gasteiger partial charge in [-0.15, -0.1) is 0 Å². The second kappa shape index (κ2) is 7.64. The molecule has 1 aromatic rings. The lowest BCUT2D eigenvalue weighted by atomic mass is 9.97. The van der Waals surface area contributed by atoms with Crippen LogP contribution in [0, 0.1) is 5.92 Å². The van der Waals surface area contributed by atoms with Crippen LogP contribution < -0.4 is 5.32 Å². The van der Waals surface area contributed by atoms with Gasteiger partial charge in [-0.2, -0.15) is 0 Å². The molecule has 0 aliphatic carbocycles. The first-order valence-electron chi connectivity index (χ1n) is 7.82. The number of carbonyl (C=O) groups excluding carboxylic acids is 1. The highest BCUT2D eigenvalue weighted by molar-refractivity contribution is 7.88. The van der Waals surface area contributed by atoms with Gasteiger partial charge in [0.2, 0.25) is 15.9 Å². The van der Waals surface area contributed by atoms with Gasteiger partial charge in [-0.05, 0) is 37.0 Å². The minimum absolute atomic E-state index is 0.0832. The molecule has 0 aromatic heterocycles. The van der Waals surface area contributed by atoms with Gasteiger partial charge in [0.05, 0.1) is 18.2 Å². The normalized spacial score (nSPS) is 20.9. The van der Waals surface area contributed by atoms with Gasteiger partial charge in [0.15, 0.2) is 0 Å². The Morgan fingerprint density at radius 1 is 1.39 bits per heavy atom. The van der Waals surface area contributed by atoms with Crippen molar-refractivity contribution in [2.75, 3.05) is 19.3 Å². The molecule has 23 heavy (non-hydrogen) atoms. The average Bonchev–Trinajstić information content (AvgIpc) is 2.52. The summed E-state index contributed by atoms with van der Waals surface area (Å²) < 4.78 is 24.7. The zero-order valence-electron chi connectivity index (χ0n) is 13.5. The molecule has 1 amide bonds. The van der Waals surface area contributed by atoms with Crippen LogP contribution in [0.4, 0.5) is 0 Å². The fourth-order valence-corrected chi connectivity index (χ4v) is 3.90. The first kappa shape index (κ1) is 18.2. The fraction of sp³-hybridized carbons (Fsp3) is 0.562. The highest BCUT2D eigenvalue weighted by Gasteiger charge is 2.31. The van der Waals surface area contributed by atoms with E-state index in [0.29, 0.717) is 18.0 Å². The van der Waals surface area contributed by atoms with Gasteiger partial charge in [0.1, 0.15) is 0 Å². The molecule has 7 heteroatoms. The van der Waals surface area contributed by atoms with Crippen molar-refractivity contribution in [3.8, 4) is 0 Å². The van der Waals surface area contributed by atoms with E-state index in [1.807, 2.05) is 19.1 Å². The third kappa shape index (κ3) is 4.93. The number of sulfonamides is 1. The van der Waals surface area contributed by atoms with Crippen molar-refractivity contribution in [3.63, 3.8) is 0 Å². The smallest absolute Gasteiger partial charge is 0.224 e. The van der Waals surface area contributed by atoms with E-state index in [1.54, 1.807) is 12.1 Å². The molecule has 2 atom stereocenters. The minimum atomic E-state index is -3.24. The van der Waals surface area contributed by atoms with E-state index < -0.39 is 10.0 Å². The van der Waals surface area contributed by atoms with Gasteiger partial charge in [-0.1, -0.05) is 30.7 Å². The Bertz CT molecular complexity index is 646. The SMILES string of the molecule is CCC(NC(=O)C1CCCN(S(C)(=O)=O)C1)c1ccc(Cl)cc1. The molecule has 1 heterocycles. The van der Waals surface area contributed by atoms with Crippen LogP contribution in [0.1, 0.15) is 37.8 Å². The van der Waals surface area contributed by atoms with Crippen molar-refractivity contribution in [1.29, 1.82) is 0 Å². The molecule has 1 fully saturated rings. The monoisotopic (exact) mass is 358 g/mol. The summed E-state index contributed by atoms with van der Waals surface area (Å²) in [6, 6.07) is 7.32. The number of carbonyl (C=O) groups is 1. The van der Waals surface area contributed by atoms with Crippen LogP contribution in [0.15, 0.2) is 24.3 Å². The number of nitrogens with zero attached hydrogens (tertiary/aromatic N) is 1. The zero-order chi connectivity index (χ0) is 17.0. The summed E-state index contributed by atoms with van der Waals surface area (Å²) in [4.78, 5) is 12.5. The standard InChI is InChI=1S/C16H23ClN2O3S/c1-3-15(12-6-8-14(17)9-7-12)18-16(20)13-5-4-10-19(11-13)23(2,21)22/h6-9,13,15H,3-5,10-11H2,1-2H3,(H,18,20). The number of benzene rings is 1. The molecular weight excluding hydrogens is 336 g/mol. The van der Waals surface area contributed by atoms with Crippen LogP contribution in [0.2, 0.25) is 5.02 Å². The maximum absolute atomic E-state index is 12.5. The molecule has 0 bridgehead atoms. The molecule has 0 spiro atoms. The lowest BCUT2D eigenvalue weighted by molar-refractivity contribution is -0.126. The first-order valence-corrected chi connectivity index (χ1v) is 10.0. The van der Waals surface area contributed by atoms with Gasteiger partial charge in [0, 0.05) is 18.1 Å². The van der Waals surface area contributed by atoms with E-state index in [1.165, 1.54) is 10.6 Å². The lowest BCUT2D eigenvalue weighted by Crippen LogP contribution is -2.45. The van der Waals surface area contributed by atoms with Crippen LogP contribution in [-0.2, 0) is 14.8 Å². The van der Waals surface area contributed by atoms with Crippen molar-refractivity contribution in [1.82, 2.24) is 9.62 Å². The first-order chi connectivity index (χ1) is 10.8. The molecular formula is C16H23ClN2O3S. The van der Waals surface area contributed by atoms with Gasteiger partial charge in [-0.3, -0.25) is 4.79 Å². The summed E-state index contributed by atoms with van der Waals surface area (Å²) in [7, 11) is -3.24. The average molecular weight is 359 g/mol. The summed E-state index contributed by atoms with van der Waals surface area (Å²) >= 11 is 5.90. The molecule has 1 aliphatic rings. The molecule has 5 nitrogen and oxygen atoms in total. The minimum Gasteiger partial charge on any atom is -0.349 e. The molecule has 0 radical (unpaired) electrons. The Hall–Kier alpha value is -1.11. The quantitative estimate of drug-likeness (QED) is 0.879. The van der Waals surface area contributed by atoms with Crippen LogP contribution in [0.25, 0.3) is 0 Å². The molecule has 128 valence electrons. The topological polar surface area (TPSA) is 66.5 Å². The highest BCUT2D eigenvalue weighted by Crippen LogP contribution is 2.23. The number of amides is 1. The Labute approximate surface area is 143 Å². The molecule has 2 rings (SSSR count). The number of hydrogen-bond donors (Lipinski definition) is 1. The van der Waals surface area contributed by atoms with Crippen molar-refractivity contribution in [2.24, 2.45) is 5.92 Å². The third-order valence-electron chi connectivity index (χ3n) is 4.22. The number of piperidine rings is 1. The summed E-state index contributed by atoms with van der Waals surface area (Å²) in [5.74, 6) is -0.375. The van der Waals surface area contributed by atoms with Crippen LogP contribution in [-0.4, -0.2) is 38.0 Å². The van der Waals surface area contributed by atoms with Gasteiger partial charge in [-0.25, -0.2) is 12.7 Å². The van der Waals surface area contributed by atoms with Crippen molar-refractivity contribution in [3.05, 3.63) is 34.9 Å². The summed E-state index contributed by atoms with van der Waals surface area (Å²) in [5.41, 5.74) is 1.00. The number of rotatable bonds is 5. The summed E-state index contributed by atoms with van der Waals surface area (Å²) in [6.07, 6.45) is 3.38. The predicted octanol–water partition coefficient (Wildman–Crippen LogP) is 2.58. The molecule has 2 unspecified atom stereocenters.